The summed E-state index contributed by atoms with van der Waals surface area (Å²) in [6.07, 6.45) is 0.845. The molecular formula is C14H16N6O. The molecule has 0 aliphatic heterocycles. The number of ether oxygens (including phenoxy) is 1. The molecule has 21 heavy (non-hydrogen) atoms. The van der Waals surface area contributed by atoms with Gasteiger partial charge in [0.2, 0.25) is 11.9 Å². The van der Waals surface area contributed by atoms with Gasteiger partial charge >= 0.3 is 6.01 Å². The summed E-state index contributed by atoms with van der Waals surface area (Å²) in [5.74, 6) is 0.361. The van der Waals surface area contributed by atoms with Crippen LogP contribution in [0, 0.1) is 18.3 Å². The first-order valence-corrected chi connectivity index (χ1v) is 6.54. The molecule has 2 rings (SSSR count). The number of aryl methyl sites for hydroxylation is 1. The van der Waals surface area contributed by atoms with Gasteiger partial charge in [-0.1, -0.05) is 13.0 Å². The first-order chi connectivity index (χ1) is 10.1. The number of hydrogen-bond acceptors (Lipinski definition) is 7. The Morgan fingerprint density at radius 1 is 1.33 bits per heavy atom. The van der Waals surface area contributed by atoms with Gasteiger partial charge in [0.25, 0.3) is 0 Å². The van der Waals surface area contributed by atoms with Gasteiger partial charge < -0.3 is 15.8 Å². The molecule has 0 radical (unpaired) electrons. The zero-order valence-electron chi connectivity index (χ0n) is 11.9. The van der Waals surface area contributed by atoms with Gasteiger partial charge in [0.05, 0.1) is 18.2 Å². The normalized spacial score (nSPS) is 9.95. The summed E-state index contributed by atoms with van der Waals surface area (Å²) in [6.45, 7) is 4.41. The van der Waals surface area contributed by atoms with Crippen molar-refractivity contribution in [3.05, 3.63) is 29.3 Å². The Bertz CT molecular complexity index is 680. The number of nitrogens with one attached hydrogen (secondary N) is 1. The number of nitrogens with zero attached hydrogens (tertiary/aromatic N) is 4. The van der Waals surface area contributed by atoms with Crippen molar-refractivity contribution in [3.8, 4) is 12.1 Å². The lowest BCUT2D eigenvalue weighted by molar-refractivity contribution is 0.292. The molecule has 0 amide bonds. The number of benzene rings is 1. The molecule has 7 heteroatoms. The highest BCUT2D eigenvalue weighted by Crippen LogP contribution is 2.21. The third-order valence-corrected chi connectivity index (χ3v) is 2.68. The molecule has 0 aliphatic rings. The maximum atomic E-state index is 8.95. The van der Waals surface area contributed by atoms with Crippen LogP contribution in [0.15, 0.2) is 18.2 Å². The van der Waals surface area contributed by atoms with Gasteiger partial charge in [0.1, 0.15) is 0 Å². The lowest BCUT2D eigenvalue weighted by Gasteiger charge is -2.10. The fourth-order valence-corrected chi connectivity index (χ4v) is 1.63. The number of anilines is 3. The summed E-state index contributed by atoms with van der Waals surface area (Å²) in [5, 5.41) is 12.0. The second-order valence-corrected chi connectivity index (χ2v) is 4.41. The Morgan fingerprint density at radius 2 is 2.14 bits per heavy atom. The molecule has 0 saturated carbocycles. The number of nitriles is 1. The van der Waals surface area contributed by atoms with Gasteiger partial charge in [0, 0.05) is 5.69 Å². The number of hydrogen-bond donors (Lipinski definition) is 2. The summed E-state index contributed by atoms with van der Waals surface area (Å²) in [7, 11) is 0. The average molecular weight is 284 g/mol. The maximum absolute atomic E-state index is 8.95. The standard InChI is InChI=1S/C14H16N6O/c1-3-6-21-14-19-12(16)18-13(20-14)17-11-7-10(8-15)5-4-9(11)2/h4-5,7H,3,6H2,1-2H3,(H3,16,17,18,19,20). The summed E-state index contributed by atoms with van der Waals surface area (Å²) in [4.78, 5) is 12.1. The molecule has 3 N–H and O–H groups in total. The van der Waals surface area contributed by atoms with Crippen molar-refractivity contribution in [1.82, 2.24) is 15.0 Å². The van der Waals surface area contributed by atoms with Crippen LogP contribution in [0.4, 0.5) is 17.6 Å². The van der Waals surface area contributed by atoms with Crippen molar-refractivity contribution in [3.63, 3.8) is 0 Å². The number of rotatable bonds is 5. The Labute approximate surface area is 122 Å². The molecule has 1 aromatic heterocycles. The molecule has 7 nitrogen and oxygen atoms in total. The van der Waals surface area contributed by atoms with E-state index in [1.54, 1.807) is 12.1 Å². The minimum absolute atomic E-state index is 0.0766. The zero-order valence-corrected chi connectivity index (χ0v) is 11.9. The van der Waals surface area contributed by atoms with Crippen LogP contribution in [0.1, 0.15) is 24.5 Å². The van der Waals surface area contributed by atoms with E-state index in [0.29, 0.717) is 12.2 Å². The quantitative estimate of drug-likeness (QED) is 0.865. The fourth-order valence-electron chi connectivity index (χ4n) is 1.63. The summed E-state index contributed by atoms with van der Waals surface area (Å²) >= 11 is 0. The summed E-state index contributed by atoms with van der Waals surface area (Å²) < 4.78 is 5.35. The van der Waals surface area contributed by atoms with Gasteiger partial charge in [-0.2, -0.15) is 20.2 Å². The Kier molecular flexibility index (Phi) is 4.51. The van der Waals surface area contributed by atoms with Gasteiger partial charge in [0.15, 0.2) is 0 Å². The molecule has 1 aromatic carbocycles. The van der Waals surface area contributed by atoms with Gasteiger partial charge in [-0.3, -0.25) is 0 Å². The molecule has 0 aliphatic carbocycles. The van der Waals surface area contributed by atoms with Gasteiger partial charge in [-0.15, -0.1) is 0 Å². The van der Waals surface area contributed by atoms with Crippen LogP contribution in [0.3, 0.4) is 0 Å². The highest BCUT2D eigenvalue weighted by Gasteiger charge is 2.07. The van der Waals surface area contributed by atoms with Crippen LogP contribution in [-0.2, 0) is 0 Å². The van der Waals surface area contributed by atoms with Crippen LogP contribution in [-0.4, -0.2) is 21.6 Å². The highest BCUT2D eigenvalue weighted by atomic mass is 16.5. The Morgan fingerprint density at radius 3 is 2.86 bits per heavy atom. The van der Waals surface area contributed by atoms with Crippen LogP contribution in [0.2, 0.25) is 0 Å². The van der Waals surface area contributed by atoms with E-state index in [1.807, 2.05) is 19.9 Å². The number of aromatic nitrogens is 3. The van der Waals surface area contributed by atoms with Gasteiger partial charge in [-0.05, 0) is 31.0 Å². The molecule has 0 bridgehead atoms. The highest BCUT2D eigenvalue weighted by molar-refractivity contribution is 5.61. The lowest BCUT2D eigenvalue weighted by atomic mass is 10.1. The molecule has 1 heterocycles. The second-order valence-electron chi connectivity index (χ2n) is 4.41. The maximum Gasteiger partial charge on any atom is 0.323 e. The number of nitrogens with two attached hydrogens (primary N) is 1. The summed E-state index contributed by atoms with van der Waals surface area (Å²) in [6, 6.07) is 7.59. The zero-order chi connectivity index (χ0) is 15.2. The molecule has 0 unspecified atom stereocenters. The first-order valence-electron chi connectivity index (χ1n) is 6.54. The van der Waals surface area contributed by atoms with Crippen LogP contribution in [0.5, 0.6) is 6.01 Å². The van der Waals surface area contributed by atoms with E-state index >= 15 is 0 Å². The average Bonchev–Trinajstić information content (AvgIpc) is 2.47. The topological polar surface area (TPSA) is 110 Å². The van der Waals surface area contributed by atoms with Crippen LogP contribution < -0.4 is 15.8 Å². The van der Waals surface area contributed by atoms with E-state index in [-0.39, 0.29) is 17.9 Å². The Balaban J connectivity index is 2.27. The van der Waals surface area contributed by atoms with Crippen molar-refractivity contribution in [2.45, 2.75) is 20.3 Å². The minimum Gasteiger partial charge on any atom is -0.463 e. The van der Waals surface area contributed by atoms with Crippen molar-refractivity contribution in [1.29, 1.82) is 5.26 Å². The molecule has 0 atom stereocenters. The predicted octanol–water partition coefficient (Wildman–Crippen LogP) is 2.17. The lowest BCUT2D eigenvalue weighted by Crippen LogP contribution is -2.08. The largest absolute Gasteiger partial charge is 0.463 e. The minimum atomic E-state index is 0.0766. The van der Waals surface area contributed by atoms with Crippen LogP contribution >= 0.6 is 0 Å². The number of nitrogen functional groups attached to an aromatic ring is 1. The van der Waals surface area contributed by atoms with Crippen molar-refractivity contribution in [2.24, 2.45) is 0 Å². The fraction of sp³-hybridized carbons (Fsp3) is 0.286. The van der Waals surface area contributed by atoms with E-state index in [1.165, 1.54) is 0 Å². The monoisotopic (exact) mass is 284 g/mol. The molecule has 0 fully saturated rings. The van der Waals surface area contributed by atoms with Crippen LogP contribution in [0.25, 0.3) is 0 Å². The summed E-state index contributed by atoms with van der Waals surface area (Å²) in [5.41, 5.74) is 7.89. The molecule has 0 saturated heterocycles. The SMILES string of the molecule is CCCOc1nc(N)nc(Nc2cc(C#N)ccc2C)n1. The third-order valence-electron chi connectivity index (χ3n) is 2.68. The molecule has 2 aromatic rings. The van der Waals surface area contributed by atoms with E-state index in [2.05, 4.69) is 26.3 Å². The molecular weight excluding hydrogens is 268 g/mol. The smallest absolute Gasteiger partial charge is 0.323 e. The van der Waals surface area contributed by atoms with E-state index in [0.717, 1.165) is 17.7 Å². The second kappa shape index (κ2) is 6.52. The molecule has 108 valence electrons. The molecule has 0 spiro atoms. The van der Waals surface area contributed by atoms with Crippen molar-refractivity contribution < 1.29 is 4.74 Å². The predicted molar refractivity (Wildman–Crippen MR) is 79.2 cm³/mol. The third kappa shape index (κ3) is 3.79. The van der Waals surface area contributed by atoms with E-state index in [9.17, 15) is 0 Å². The van der Waals surface area contributed by atoms with E-state index < -0.39 is 0 Å². The van der Waals surface area contributed by atoms with Crippen molar-refractivity contribution in [2.75, 3.05) is 17.7 Å². The van der Waals surface area contributed by atoms with Crippen molar-refractivity contribution >= 4 is 17.6 Å². The first kappa shape index (κ1) is 14.5. The Hall–Kier alpha value is -2.88. The van der Waals surface area contributed by atoms with E-state index in [4.69, 9.17) is 15.7 Å². The van der Waals surface area contributed by atoms with Gasteiger partial charge in [-0.25, -0.2) is 0 Å².